The van der Waals surface area contributed by atoms with E-state index in [-0.39, 0.29) is 18.1 Å². The molecule has 0 bridgehead atoms. The molecular weight excluding hydrogens is 436 g/mol. The van der Waals surface area contributed by atoms with E-state index in [0.717, 1.165) is 16.3 Å². The number of fused-ring (bicyclic) bond motifs is 1. The molecule has 2 N–H and O–H groups in total. The monoisotopic (exact) mass is 457 g/mol. The molecule has 4 rings (SSSR count). The molecule has 166 valence electrons. The maximum Gasteiger partial charge on any atom is 0.284 e. The van der Waals surface area contributed by atoms with Crippen LogP contribution in [0.5, 0.6) is 5.75 Å². The molecule has 1 aromatic carbocycles. The molecule has 0 aliphatic rings. The van der Waals surface area contributed by atoms with Crippen molar-refractivity contribution in [3.63, 3.8) is 0 Å². The lowest BCUT2D eigenvalue weighted by Gasteiger charge is -2.11. The zero-order valence-corrected chi connectivity index (χ0v) is 18.5. The van der Waals surface area contributed by atoms with E-state index in [4.69, 9.17) is 4.74 Å². The highest BCUT2D eigenvalue weighted by Gasteiger charge is 2.20. The first-order valence-corrected chi connectivity index (χ1v) is 10.7. The number of pyridine rings is 1. The van der Waals surface area contributed by atoms with Gasteiger partial charge in [-0.2, -0.15) is 0 Å². The number of hydrogen-bond acceptors (Lipinski definition) is 6. The summed E-state index contributed by atoms with van der Waals surface area (Å²) in [6, 6.07) is 5.36. The van der Waals surface area contributed by atoms with Crippen LogP contribution < -0.4 is 15.6 Å². The molecule has 0 unspecified atom stereocenters. The second-order valence-electron chi connectivity index (χ2n) is 7.28. The fourth-order valence-electron chi connectivity index (χ4n) is 3.32. The molecule has 0 atom stereocenters. The number of benzene rings is 1. The third-order valence-electron chi connectivity index (χ3n) is 4.78. The van der Waals surface area contributed by atoms with E-state index in [1.807, 2.05) is 19.2 Å². The summed E-state index contributed by atoms with van der Waals surface area (Å²) in [6.07, 6.45) is 1.75. The van der Waals surface area contributed by atoms with Crippen molar-refractivity contribution in [3.05, 3.63) is 80.7 Å². The molecule has 7 nitrogen and oxygen atoms in total. The normalized spacial score (nSPS) is 11.2. The van der Waals surface area contributed by atoms with Crippen LogP contribution in [-0.2, 0) is 13.2 Å². The molecule has 3 aromatic heterocycles. The van der Waals surface area contributed by atoms with Crippen LogP contribution in [0, 0.1) is 32.4 Å². The molecule has 32 heavy (non-hydrogen) atoms. The van der Waals surface area contributed by atoms with Gasteiger partial charge in [-0.05, 0) is 44.5 Å². The Bertz CT molecular complexity index is 1280. The van der Waals surface area contributed by atoms with Gasteiger partial charge >= 0.3 is 0 Å². The number of hydrazine groups is 1. The third kappa shape index (κ3) is 4.46. The van der Waals surface area contributed by atoms with E-state index in [1.54, 1.807) is 23.6 Å². The second-order valence-corrected chi connectivity index (χ2v) is 8.34. The predicted octanol–water partition coefficient (Wildman–Crippen LogP) is 4.01. The summed E-state index contributed by atoms with van der Waals surface area (Å²) in [6.45, 7) is 5.53. The summed E-state index contributed by atoms with van der Waals surface area (Å²) in [4.78, 5) is 21.6. The van der Waals surface area contributed by atoms with Gasteiger partial charge in [0.25, 0.3) is 5.91 Å². The summed E-state index contributed by atoms with van der Waals surface area (Å²) < 4.78 is 35.2. The van der Waals surface area contributed by atoms with Crippen molar-refractivity contribution >= 4 is 22.9 Å². The molecule has 0 aliphatic heterocycles. The number of nitrogens with one attached hydrogen (secondary N) is 2. The Kier molecular flexibility index (Phi) is 6.15. The highest BCUT2D eigenvalue weighted by atomic mass is 32.1. The number of aryl methyl sites for hydroxylation is 3. The fourth-order valence-corrected chi connectivity index (χ4v) is 3.93. The van der Waals surface area contributed by atoms with E-state index in [1.165, 1.54) is 29.5 Å². The van der Waals surface area contributed by atoms with Crippen molar-refractivity contribution < 1.29 is 18.3 Å². The number of aromatic nitrogens is 3. The van der Waals surface area contributed by atoms with Crippen LogP contribution in [-0.4, -0.2) is 20.3 Å². The average Bonchev–Trinajstić information content (AvgIpc) is 3.29. The first kappa shape index (κ1) is 21.8. The van der Waals surface area contributed by atoms with E-state index in [9.17, 15) is 13.6 Å². The van der Waals surface area contributed by atoms with E-state index in [2.05, 4.69) is 20.8 Å². The minimum Gasteiger partial charge on any atom is -0.485 e. The topological polar surface area (TPSA) is 80.5 Å². The molecule has 0 aliphatic carbocycles. The van der Waals surface area contributed by atoms with Crippen LogP contribution in [0.4, 0.5) is 8.78 Å². The Labute approximate surface area is 187 Å². The largest absolute Gasteiger partial charge is 0.485 e. The van der Waals surface area contributed by atoms with Crippen LogP contribution in [0.3, 0.4) is 0 Å². The number of amides is 1. The maximum atomic E-state index is 14.0. The highest BCUT2D eigenvalue weighted by molar-refractivity contribution is 7.09. The van der Waals surface area contributed by atoms with Crippen molar-refractivity contribution in [1.29, 1.82) is 0 Å². The van der Waals surface area contributed by atoms with Gasteiger partial charge < -0.3 is 4.74 Å². The summed E-state index contributed by atoms with van der Waals surface area (Å²) in [5.74, 6) is -1.43. The predicted molar refractivity (Wildman–Crippen MR) is 117 cm³/mol. The number of nitrogens with zero attached hydrogens (tertiary/aromatic N) is 3. The molecule has 0 saturated heterocycles. The Morgan fingerprint density at radius 1 is 1.19 bits per heavy atom. The lowest BCUT2D eigenvalue weighted by atomic mass is 10.2. The number of carbonyl (C=O) groups excluding carboxylic acids is 1. The molecule has 10 heteroatoms. The van der Waals surface area contributed by atoms with Crippen LogP contribution in [0.15, 0.2) is 35.8 Å². The minimum absolute atomic E-state index is 0.171. The fraction of sp³-hybridized carbons (Fsp3) is 0.227. The number of rotatable bonds is 7. The summed E-state index contributed by atoms with van der Waals surface area (Å²) >= 11 is 1.53. The summed E-state index contributed by atoms with van der Waals surface area (Å²) in [5, 5.41) is 2.86. The number of imidazole rings is 1. The maximum absolute atomic E-state index is 14.0. The number of hydrogen-bond donors (Lipinski definition) is 2. The number of halogens is 2. The third-order valence-corrected chi connectivity index (χ3v) is 5.61. The summed E-state index contributed by atoms with van der Waals surface area (Å²) in [7, 11) is 0. The lowest BCUT2D eigenvalue weighted by molar-refractivity contribution is 0.0925. The highest BCUT2D eigenvalue weighted by Crippen LogP contribution is 2.26. The molecule has 4 aromatic rings. The molecule has 0 radical (unpaired) electrons. The number of ether oxygens (including phenoxy) is 1. The Morgan fingerprint density at radius 3 is 2.62 bits per heavy atom. The van der Waals surface area contributed by atoms with E-state index < -0.39 is 11.6 Å². The van der Waals surface area contributed by atoms with Gasteiger partial charge in [-0.1, -0.05) is 6.07 Å². The van der Waals surface area contributed by atoms with Crippen molar-refractivity contribution in [2.75, 3.05) is 0 Å². The van der Waals surface area contributed by atoms with Gasteiger partial charge in [0, 0.05) is 11.6 Å². The van der Waals surface area contributed by atoms with Crippen molar-refractivity contribution in [2.45, 2.75) is 33.9 Å². The Balaban J connectivity index is 1.56. The standard InChI is InChI=1S/C22H21F2N5O2S/c1-12-7-19(31-10-16-17(23)5-4-6-18(16)24)21-26-13(2)20(29(21)9-12)22(30)28-25-8-15-11-32-14(3)27-15/h4-7,9,11,25H,8,10H2,1-3H3,(H,28,30). The van der Waals surface area contributed by atoms with Crippen LogP contribution in [0.1, 0.15) is 38.0 Å². The van der Waals surface area contributed by atoms with Gasteiger partial charge in [-0.3, -0.25) is 14.6 Å². The van der Waals surface area contributed by atoms with Crippen LogP contribution in [0.25, 0.3) is 5.65 Å². The lowest BCUT2D eigenvalue weighted by Crippen LogP contribution is -2.37. The molecule has 1 amide bonds. The first-order chi connectivity index (χ1) is 15.3. The summed E-state index contributed by atoms with van der Waals surface area (Å²) in [5.41, 5.74) is 8.18. The van der Waals surface area contributed by atoms with E-state index >= 15 is 0 Å². The van der Waals surface area contributed by atoms with Gasteiger partial charge in [0.2, 0.25) is 0 Å². The van der Waals surface area contributed by atoms with Gasteiger partial charge in [0.1, 0.15) is 23.9 Å². The Morgan fingerprint density at radius 2 is 1.94 bits per heavy atom. The molecule has 0 spiro atoms. The van der Waals surface area contributed by atoms with Gasteiger partial charge in [0.15, 0.2) is 11.4 Å². The average molecular weight is 458 g/mol. The van der Waals surface area contributed by atoms with Crippen molar-refractivity contribution in [3.8, 4) is 5.75 Å². The molecule has 3 heterocycles. The van der Waals surface area contributed by atoms with Gasteiger partial charge in [0.05, 0.1) is 28.5 Å². The quantitative estimate of drug-likeness (QED) is 0.410. The van der Waals surface area contributed by atoms with Crippen molar-refractivity contribution in [2.24, 2.45) is 0 Å². The smallest absolute Gasteiger partial charge is 0.284 e. The Hall–Kier alpha value is -3.37. The SMILES string of the molecule is Cc1cc(OCc2c(F)cccc2F)c2nc(C)c(C(=O)NNCc3csc(C)n3)n2c1. The van der Waals surface area contributed by atoms with Crippen LogP contribution in [0.2, 0.25) is 0 Å². The van der Waals surface area contributed by atoms with E-state index in [0.29, 0.717) is 29.3 Å². The van der Waals surface area contributed by atoms with Crippen molar-refractivity contribution in [1.82, 2.24) is 25.2 Å². The second kappa shape index (κ2) is 9.01. The molecular formula is C22H21F2N5O2S. The zero-order chi connectivity index (χ0) is 22.8. The first-order valence-electron chi connectivity index (χ1n) is 9.82. The van der Waals surface area contributed by atoms with Crippen LogP contribution >= 0.6 is 11.3 Å². The molecule has 0 saturated carbocycles. The number of carbonyl (C=O) groups is 1. The molecule has 0 fully saturated rings. The van der Waals surface area contributed by atoms with Gasteiger partial charge in [-0.15, -0.1) is 11.3 Å². The van der Waals surface area contributed by atoms with Gasteiger partial charge in [-0.25, -0.2) is 24.2 Å². The zero-order valence-electron chi connectivity index (χ0n) is 17.7. The number of thiazole rings is 1. The minimum atomic E-state index is -0.686.